The van der Waals surface area contributed by atoms with E-state index in [1.807, 2.05) is 11.3 Å². The average molecular weight is 308 g/mol. The predicted molar refractivity (Wildman–Crippen MR) is 103 cm³/mol. The molecule has 0 aliphatic rings. The molecule has 5 aromatic carbocycles. The predicted octanol–water partition coefficient (Wildman–Crippen LogP) is 6.95. The van der Waals surface area contributed by atoms with Crippen LogP contribution in [-0.2, 0) is 0 Å². The minimum atomic E-state index is 1.33. The molecule has 6 aromatic rings. The van der Waals surface area contributed by atoms with E-state index >= 15 is 0 Å². The molecule has 0 saturated heterocycles. The molecule has 0 saturated carbocycles. The van der Waals surface area contributed by atoms with Crippen molar-refractivity contribution < 1.29 is 0 Å². The zero-order valence-electron chi connectivity index (χ0n) is 12.3. The van der Waals surface area contributed by atoms with Crippen LogP contribution in [0.4, 0.5) is 0 Å². The van der Waals surface area contributed by atoms with E-state index < -0.39 is 0 Å². The maximum absolute atomic E-state index is 2.38. The molecule has 0 radical (unpaired) electrons. The molecule has 0 unspecified atom stereocenters. The molecule has 0 amide bonds. The standard InChI is InChI=1S/C22H12S/c1-2-7-19-16(6-1)18-12-15-9-8-13-4-3-5-14-10-11-17(22(18)23-19)21(15)20(13)14/h1-12H. The average Bonchev–Trinajstić information content (AvgIpc) is 2.98. The van der Waals surface area contributed by atoms with E-state index in [-0.39, 0.29) is 0 Å². The molecule has 1 heterocycles. The SMILES string of the molecule is c1cc2ccc3cc4c5ccccc5sc4c4ccc(c1)c2c34. The molecule has 6 rings (SSSR count). The van der Waals surface area contributed by atoms with Crippen molar-refractivity contribution in [3.05, 3.63) is 72.8 Å². The number of thiophene rings is 1. The third-order valence-corrected chi connectivity index (χ3v) is 6.21. The quantitative estimate of drug-likeness (QED) is 0.266. The normalized spacial score (nSPS) is 12.3. The Hall–Kier alpha value is -2.64. The summed E-state index contributed by atoms with van der Waals surface area (Å²) in [5, 5.41) is 11.0. The van der Waals surface area contributed by atoms with Crippen molar-refractivity contribution >= 4 is 63.8 Å². The summed E-state index contributed by atoms with van der Waals surface area (Å²) in [6.45, 7) is 0. The van der Waals surface area contributed by atoms with Crippen LogP contribution in [0.25, 0.3) is 52.5 Å². The van der Waals surface area contributed by atoms with Crippen LogP contribution in [0, 0.1) is 0 Å². The molecule has 0 bridgehead atoms. The van der Waals surface area contributed by atoms with E-state index in [1.165, 1.54) is 52.5 Å². The van der Waals surface area contributed by atoms with Crippen LogP contribution in [-0.4, -0.2) is 0 Å². The number of fused-ring (bicyclic) bond motifs is 4. The minimum Gasteiger partial charge on any atom is -0.135 e. The van der Waals surface area contributed by atoms with Crippen LogP contribution in [0.2, 0.25) is 0 Å². The molecule has 0 atom stereocenters. The zero-order valence-corrected chi connectivity index (χ0v) is 13.2. The molecule has 106 valence electrons. The lowest BCUT2D eigenvalue weighted by Gasteiger charge is -2.11. The van der Waals surface area contributed by atoms with Gasteiger partial charge in [-0.25, -0.2) is 0 Å². The first-order chi connectivity index (χ1) is 11.4. The van der Waals surface area contributed by atoms with Gasteiger partial charge < -0.3 is 0 Å². The van der Waals surface area contributed by atoms with Gasteiger partial charge in [-0.15, -0.1) is 11.3 Å². The van der Waals surface area contributed by atoms with Crippen molar-refractivity contribution in [3.8, 4) is 0 Å². The van der Waals surface area contributed by atoms with Gasteiger partial charge in [0, 0.05) is 25.6 Å². The summed E-state index contributed by atoms with van der Waals surface area (Å²) in [6.07, 6.45) is 0. The van der Waals surface area contributed by atoms with Gasteiger partial charge in [-0.1, -0.05) is 60.7 Å². The number of rotatable bonds is 0. The number of benzene rings is 5. The zero-order chi connectivity index (χ0) is 15.0. The molecular formula is C22H12S. The van der Waals surface area contributed by atoms with Gasteiger partial charge >= 0.3 is 0 Å². The highest BCUT2D eigenvalue weighted by atomic mass is 32.1. The van der Waals surface area contributed by atoms with Gasteiger partial charge in [0.15, 0.2) is 0 Å². The van der Waals surface area contributed by atoms with Crippen LogP contribution < -0.4 is 0 Å². The van der Waals surface area contributed by atoms with E-state index in [0.29, 0.717) is 0 Å². The summed E-state index contributed by atoms with van der Waals surface area (Å²) < 4.78 is 2.79. The first-order valence-electron chi connectivity index (χ1n) is 7.88. The topological polar surface area (TPSA) is 0 Å². The molecular weight excluding hydrogens is 296 g/mol. The summed E-state index contributed by atoms with van der Waals surface area (Å²) in [5.74, 6) is 0. The van der Waals surface area contributed by atoms with E-state index in [1.54, 1.807) is 0 Å². The van der Waals surface area contributed by atoms with Gasteiger partial charge in [0.25, 0.3) is 0 Å². The lowest BCUT2D eigenvalue weighted by atomic mass is 9.93. The van der Waals surface area contributed by atoms with Crippen LogP contribution in [0.15, 0.2) is 72.8 Å². The van der Waals surface area contributed by atoms with Crippen LogP contribution in [0.1, 0.15) is 0 Å². The van der Waals surface area contributed by atoms with Gasteiger partial charge in [0.1, 0.15) is 0 Å². The van der Waals surface area contributed by atoms with Crippen LogP contribution in [0.3, 0.4) is 0 Å². The highest BCUT2D eigenvalue weighted by Gasteiger charge is 2.13. The fourth-order valence-corrected chi connectivity index (χ4v) is 5.20. The summed E-state index contributed by atoms with van der Waals surface area (Å²) in [5.41, 5.74) is 0. The first-order valence-corrected chi connectivity index (χ1v) is 8.69. The third-order valence-electron chi connectivity index (χ3n) is 4.99. The minimum absolute atomic E-state index is 1.33. The molecule has 0 N–H and O–H groups in total. The highest BCUT2D eigenvalue weighted by Crippen LogP contribution is 2.43. The maximum Gasteiger partial charge on any atom is 0.0434 e. The second kappa shape index (κ2) is 4.01. The monoisotopic (exact) mass is 308 g/mol. The van der Waals surface area contributed by atoms with Crippen molar-refractivity contribution in [2.75, 3.05) is 0 Å². The highest BCUT2D eigenvalue weighted by molar-refractivity contribution is 7.26. The molecule has 0 aliphatic heterocycles. The van der Waals surface area contributed by atoms with Crippen molar-refractivity contribution in [2.45, 2.75) is 0 Å². The van der Waals surface area contributed by atoms with Gasteiger partial charge in [0.05, 0.1) is 0 Å². The Morgan fingerprint density at radius 2 is 1.30 bits per heavy atom. The smallest absolute Gasteiger partial charge is 0.0434 e. The Labute approximate surface area is 136 Å². The summed E-state index contributed by atoms with van der Waals surface area (Å²) in [6, 6.07) is 26.8. The van der Waals surface area contributed by atoms with E-state index in [9.17, 15) is 0 Å². The third kappa shape index (κ3) is 1.41. The molecule has 0 aliphatic carbocycles. The lowest BCUT2D eigenvalue weighted by molar-refractivity contribution is 1.82. The second-order valence-corrected chi connectivity index (χ2v) is 7.26. The Bertz CT molecular complexity index is 1340. The first kappa shape index (κ1) is 11.9. The van der Waals surface area contributed by atoms with Crippen molar-refractivity contribution in [1.82, 2.24) is 0 Å². The Kier molecular flexibility index (Phi) is 2.07. The molecule has 23 heavy (non-hydrogen) atoms. The van der Waals surface area contributed by atoms with Gasteiger partial charge in [-0.3, -0.25) is 0 Å². The Morgan fingerprint density at radius 1 is 0.522 bits per heavy atom. The molecule has 0 nitrogen and oxygen atoms in total. The molecule has 1 aromatic heterocycles. The summed E-state index contributed by atoms with van der Waals surface area (Å²) in [7, 11) is 0. The van der Waals surface area contributed by atoms with E-state index in [2.05, 4.69) is 72.8 Å². The molecule has 0 spiro atoms. The van der Waals surface area contributed by atoms with Gasteiger partial charge in [-0.05, 0) is 39.1 Å². The fourth-order valence-electron chi connectivity index (χ4n) is 3.98. The largest absolute Gasteiger partial charge is 0.135 e. The number of hydrogen-bond acceptors (Lipinski definition) is 1. The summed E-state index contributed by atoms with van der Waals surface area (Å²) >= 11 is 1.91. The Morgan fingerprint density at radius 3 is 2.22 bits per heavy atom. The second-order valence-electron chi connectivity index (χ2n) is 6.21. The Balaban J connectivity index is 2.01. The molecule has 1 heteroatoms. The molecule has 0 fully saturated rings. The van der Waals surface area contributed by atoms with Gasteiger partial charge in [-0.2, -0.15) is 0 Å². The fraction of sp³-hybridized carbons (Fsp3) is 0. The van der Waals surface area contributed by atoms with E-state index in [0.717, 1.165) is 0 Å². The van der Waals surface area contributed by atoms with Crippen molar-refractivity contribution in [3.63, 3.8) is 0 Å². The van der Waals surface area contributed by atoms with Crippen LogP contribution >= 0.6 is 11.3 Å². The van der Waals surface area contributed by atoms with E-state index in [4.69, 9.17) is 0 Å². The lowest BCUT2D eigenvalue weighted by Crippen LogP contribution is -1.83. The summed E-state index contributed by atoms with van der Waals surface area (Å²) in [4.78, 5) is 0. The van der Waals surface area contributed by atoms with Crippen molar-refractivity contribution in [2.24, 2.45) is 0 Å². The maximum atomic E-state index is 2.38. The van der Waals surface area contributed by atoms with Gasteiger partial charge in [0.2, 0.25) is 0 Å². The van der Waals surface area contributed by atoms with Crippen LogP contribution in [0.5, 0.6) is 0 Å². The van der Waals surface area contributed by atoms with Crippen molar-refractivity contribution in [1.29, 1.82) is 0 Å². The number of hydrogen-bond donors (Lipinski definition) is 0.